The zero-order valence-electron chi connectivity index (χ0n) is 11.7. The minimum atomic E-state index is 0.0756. The van der Waals surface area contributed by atoms with E-state index in [0.29, 0.717) is 12.0 Å². The lowest BCUT2D eigenvalue weighted by atomic mass is 9.95. The molecule has 2 fully saturated rings. The van der Waals surface area contributed by atoms with Gasteiger partial charge < -0.3 is 10.1 Å². The van der Waals surface area contributed by atoms with Crippen LogP contribution in [0.2, 0.25) is 0 Å². The summed E-state index contributed by atoms with van der Waals surface area (Å²) in [4.78, 5) is 15.3. The molecule has 5 heteroatoms. The topological polar surface area (TPSA) is 41.6 Å². The first kappa shape index (κ1) is 14.0. The molecule has 2 aliphatic heterocycles. The minimum Gasteiger partial charge on any atom is -0.380 e. The molecule has 4 nitrogen and oxygen atoms in total. The van der Waals surface area contributed by atoms with Gasteiger partial charge in [-0.25, -0.2) is 0 Å². The summed E-state index contributed by atoms with van der Waals surface area (Å²) >= 11 is 1.50. The second-order valence-electron chi connectivity index (χ2n) is 5.68. The van der Waals surface area contributed by atoms with Crippen molar-refractivity contribution in [2.75, 3.05) is 32.8 Å². The standard InChI is InChI=1S/C15H22N2O2S/c18-15(14-2-1-9-20-14)16-10-12-3-6-17(7-4-12)13-5-8-19-11-13/h1-2,9,12-13H,3-8,10-11H2,(H,16,18)/t13-/m0/s1. The number of amides is 1. The molecule has 0 unspecified atom stereocenters. The molecule has 0 aliphatic carbocycles. The average Bonchev–Trinajstić information content (AvgIpc) is 3.18. The summed E-state index contributed by atoms with van der Waals surface area (Å²) in [7, 11) is 0. The van der Waals surface area contributed by atoms with E-state index >= 15 is 0 Å². The van der Waals surface area contributed by atoms with Gasteiger partial charge in [0, 0.05) is 19.2 Å². The van der Waals surface area contributed by atoms with E-state index in [1.807, 2.05) is 17.5 Å². The van der Waals surface area contributed by atoms with Gasteiger partial charge in [-0.1, -0.05) is 6.07 Å². The number of nitrogens with one attached hydrogen (secondary N) is 1. The number of hydrogen-bond acceptors (Lipinski definition) is 4. The van der Waals surface area contributed by atoms with Gasteiger partial charge in [0.1, 0.15) is 0 Å². The molecule has 2 saturated heterocycles. The van der Waals surface area contributed by atoms with Gasteiger partial charge in [-0.3, -0.25) is 9.69 Å². The van der Waals surface area contributed by atoms with Gasteiger partial charge in [0.15, 0.2) is 0 Å². The van der Waals surface area contributed by atoms with Gasteiger partial charge in [-0.15, -0.1) is 11.3 Å². The van der Waals surface area contributed by atoms with E-state index in [-0.39, 0.29) is 5.91 Å². The maximum atomic E-state index is 11.9. The normalized spacial score (nSPS) is 24.9. The Morgan fingerprint density at radius 1 is 1.40 bits per heavy atom. The average molecular weight is 294 g/mol. The molecule has 1 amide bonds. The molecular weight excluding hydrogens is 272 g/mol. The Labute approximate surface area is 124 Å². The SMILES string of the molecule is O=C(NCC1CCN([C@H]2CCOC2)CC1)c1cccs1. The van der Waals surface area contributed by atoms with Crippen molar-refractivity contribution in [1.82, 2.24) is 10.2 Å². The molecule has 3 heterocycles. The van der Waals surface area contributed by atoms with Crippen LogP contribution in [0.1, 0.15) is 28.9 Å². The lowest BCUT2D eigenvalue weighted by Crippen LogP contribution is -2.43. The predicted molar refractivity (Wildman–Crippen MR) is 80.2 cm³/mol. The summed E-state index contributed by atoms with van der Waals surface area (Å²) < 4.78 is 5.46. The highest BCUT2D eigenvalue weighted by atomic mass is 32.1. The van der Waals surface area contributed by atoms with E-state index in [9.17, 15) is 4.79 Å². The number of carbonyl (C=O) groups excluding carboxylic acids is 1. The van der Waals surface area contributed by atoms with Crippen molar-refractivity contribution in [2.24, 2.45) is 5.92 Å². The Balaban J connectivity index is 1.39. The largest absolute Gasteiger partial charge is 0.380 e. The summed E-state index contributed by atoms with van der Waals surface area (Å²) in [5, 5.41) is 5.01. The summed E-state index contributed by atoms with van der Waals surface area (Å²) in [6.07, 6.45) is 3.54. The number of rotatable bonds is 4. The van der Waals surface area contributed by atoms with Crippen molar-refractivity contribution in [3.05, 3.63) is 22.4 Å². The number of piperidine rings is 1. The van der Waals surface area contributed by atoms with Crippen LogP contribution in [0.3, 0.4) is 0 Å². The van der Waals surface area contributed by atoms with Crippen molar-refractivity contribution in [2.45, 2.75) is 25.3 Å². The molecule has 0 aromatic carbocycles. The fourth-order valence-corrected chi connectivity index (χ4v) is 3.70. The first-order chi connectivity index (χ1) is 9.83. The van der Waals surface area contributed by atoms with E-state index in [1.165, 1.54) is 30.6 Å². The van der Waals surface area contributed by atoms with Crippen molar-refractivity contribution in [3.8, 4) is 0 Å². The second kappa shape index (κ2) is 6.70. The van der Waals surface area contributed by atoms with Crippen LogP contribution in [0.5, 0.6) is 0 Å². The Bertz CT molecular complexity index is 421. The number of likely N-dealkylation sites (tertiary alicyclic amines) is 1. The van der Waals surface area contributed by atoms with Crippen LogP contribution in [0, 0.1) is 5.92 Å². The fourth-order valence-electron chi connectivity index (χ4n) is 3.06. The van der Waals surface area contributed by atoms with Crippen LogP contribution in [0.4, 0.5) is 0 Å². The molecule has 110 valence electrons. The third kappa shape index (κ3) is 3.40. The Hall–Kier alpha value is -0.910. The van der Waals surface area contributed by atoms with Crippen molar-refractivity contribution >= 4 is 17.2 Å². The highest BCUT2D eigenvalue weighted by Gasteiger charge is 2.27. The lowest BCUT2D eigenvalue weighted by Gasteiger charge is -2.35. The Morgan fingerprint density at radius 3 is 2.90 bits per heavy atom. The molecule has 0 saturated carbocycles. The Kier molecular flexibility index (Phi) is 4.70. The van der Waals surface area contributed by atoms with Crippen LogP contribution in [0.25, 0.3) is 0 Å². The van der Waals surface area contributed by atoms with E-state index in [0.717, 1.165) is 37.7 Å². The molecule has 0 bridgehead atoms. The predicted octanol–water partition coefficient (Wildman–Crippen LogP) is 1.98. The van der Waals surface area contributed by atoms with Gasteiger partial charge >= 0.3 is 0 Å². The molecule has 20 heavy (non-hydrogen) atoms. The molecule has 1 aromatic heterocycles. The lowest BCUT2D eigenvalue weighted by molar-refractivity contribution is 0.0914. The van der Waals surface area contributed by atoms with Crippen LogP contribution in [-0.2, 0) is 4.74 Å². The van der Waals surface area contributed by atoms with Crippen molar-refractivity contribution in [1.29, 1.82) is 0 Å². The molecule has 2 aliphatic rings. The minimum absolute atomic E-state index is 0.0756. The van der Waals surface area contributed by atoms with Crippen molar-refractivity contribution in [3.63, 3.8) is 0 Å². The fraction of sp³-hybridized carbons (Fsp3) is 0.667. The van der Waals surface area contributed by atoms with Gasteiger partial charge in [-0.05, 0) is 49.7 Å². The van der Waals surface area contributed by atoms with Crippen LogP contribution < -0.4 is 5.32 Å². The zero-order valence-corrected chi connectivity index (χ0v) is 12.5. The summed E-state index contributed by atoms with van der Waals surface area (Å²) in [5.41, 5.74) is 0. The third-order valence-corrected chi connectivity index (χ3v) is 5.24. The number of ether oxygens (including phenoxy) is 1. The number of thiophene rings is 1. The molecule has 3 rings (SSSR count). The van der Waals surface area contributed by atoms with Gasteiger partial charge in [0.05, 0.1) is 11.5 Å². The molecular formula is C15H22N2O2S. The number of hydrogen-bond donors (Lipinski definition) is 1. The number of nitrogens with zero attached hydrogens (tertiary/aromatic N) is 1. The van der Waals surface area contributed by atoms with Gasteiger partial charge in [-0.2, -0.15) is 0 Å². The molecule has 0 radical (unpaired) electrons. The summed E-state index contributed by atoms with van der Waals surface area (Å²) in [6, 6.07) is 4.43. The summed E-state index contributed by atoms with van der Waals surface area (Å²) in [6.45, 7) is 4.92. The highest BCUT2D eigenvalue weighted by molar-refractivity contribution is 7.12. The van der Waals surface area contributed by atoms with Crippen molar-refractivity contribution < 1.29 is 9.53 Å². The van der Waals surface area contributed by atoms with Crippen LogP contribution >= 0.6 is 11.3 Å². The van der Waals surface area contributed by atoms with E-state index in [4.69, 9.17) is 4.74 Å². The first-order valence-electron chi connectivity index (χ1n) is 7.46. The van der Waals surface area contributed by atoms with E-state index < -0.39 is 0 Å². The Morgan fingerprint density at radius 2 is 2.25 bits per heavy atom. The maximum Gasteiger partial charge on any atom is 0.261 e. The van der Waals surface area contributed by atoms with E-state index in [1.54, 1.807) is 0 Å². The van der Waals surface area contributed by atoms with Gasteiger partial charge in [0.25, 0.3) is 5.91 Å². The number of carbonyl (C=O) groups is 1. The third-order valence-electron chi connectivity index (χ3n) is 4.37. The van der Waals surface area contributed by atoms with E-state index in [2.05, 4.69) is 10.2 Å². The molecule has 1 aromatic rings. The molecule has 1 N–H and O–H groups in total. The van der Waals surface area contributed by atoms with Crippen LogP contribution in [-0.4, -0.2) is 49.7 Å². The zero-order chi connectivity index (χ0) is 13.8. The second-order valence-corrected chi connectivity index (χ2v) is 6.63. The highest BCUT2D eigenvalue weighted by Crippen LogP contribution is 2.22. The van der Waals surface area contributed by atoms with Crippen LogP contribution in [0.15, 0.2) is 17.5 Å². The summed E-state index contributed by atoms with van der Waals surface area (Å²) in [5.74, 6) is 0.698. The smallest absolute Gasteiger partial charge is 0.261 e. The van der Waals surface area contributed by atoms with Gasteiger partial charge in [0.2, 0.25) is 0 Å². The quantitative estimate of drug-likeness (QED) is 0.923. The maximum absolute atomic E-state index is 11.9. The first-order valence-corrected chi connectivity index (χ1v) is 8.34. The monoisotopic (exact) mass is 294 g/mol. The molecule has 0 spiro atoms. The molecule has 1 atom stereocenters.